The first-order chi connectivity index (χ1) is 13.3. The topological polar surface area (TPSA) is 65.7 Å². The average molecular weight is 385 g/mol. The maximum absolute atomic E-state index is 13.0. The van der Waals surface area contributed by atoms with Gasteiger partial charge in [0.2, 0.25) is 0 Å². The SMILES string of the molecule is CC1=NN(c2cccc(C(F)(F)F)c2)C(=O)/C1=C\c1ccccc1OCC#N. The van der Waals surface area contributed by atoms with Gasteiger partial charge in [-0.2, -0.15) is 28.5 Å². The number of halogens is 3. The molecule has 0 fully saturated rings. The monoisotopic (exact) mass is 385 g/mol. The van der Waals surface area contributed by atoms with E-state index < -0.39 is 17.6 Å². The number of hydrogen-bond donors (Lipinski definition) is 0. The summed E-state index contributed by atoms with van der Waals surface area (Å²) in [4.78, 5) is 12.8. The largest absolute Gasteiger partial charge is 0.478 e. The number of para-hydroxylation sites is 1. The van der Waals surface area contributed by atoms with E-state index in [1.54, 1.807) is 37.3 Å². The number of anilines is 1. The van der Waals surface area contributed by atoms with Crippen LogP contribution in [0.3, 0.4) is 0 Å². The van der Waals surface area contributed by atoms with E-state index in [0.29, 0.717) is 17.0 Å². The molecule has 1 amide bonds. The molecular formula is C20H14F3N3O2. The molecule has 0 aromatic heterocycles. The van der Waals surface area contributed by atoms with Gasteiger partial charge in [0.1, 0.15) is 11.8 Å². The Labute approximate surface area is 159 Å². The highest BCUT2D eigenvalue weighted by Gasteiger charge is 2.33. The third kappa shape index (κ3) is 3.88. The van der Waals surface area contributed by atoms with E-state index in [1.165, 1.54) is 12.1 Å². The number of nitriles is 1. The second-order valence-corrected chi connectivity index (χ2v) is 5.89. The lowest BCUT2D eigenvalue weighted by Gasteiger charge is -2.14. The highest BCUT2D eigenvalue weighted by Crippen LogP contribution is 2.33. The van der Waals surface area contributed by atoms with E-state index in [2.05, 4.69) is 5.10 Å². The van der Waals surface area contributed by atoms with Gasteiger partial charge in [0.25, 0.3) is 5.91 Å². The van der Waals surface area contributed by atoms with Gasteiger partial charge >= 0.3 is 6.18 Å². The molecule has 0 spiro atoms. The Kier molecular flexibility index (Phi) is 5.18. The Morgan fingerprint density at radius 2 is 1.96 bits per heavy atom. The van der Waals surface area contributed by atoms with Crippen molar-refractivity contribution >= 4 is 23.4 Å². The number of amides is 1. The molecule has 0 unspecified atom stereocenters. The minimum atomic E-state index is -4.52. The summed E-state index contributed by atoms with van der Waals surface area (Å²) in [6, 6.07) is 13.1. The minimum Gasteiger partial charge on any atom is -0.478 e. The molecule has 2 aromatic rings. The molecule has 28 heavy (non-hydrogen) atoms. The van der Waals surface area contributed by atoms with Crippen LogP contribution >= 0.6 is 0 Å². The second kappa shape index (κ2) is 7.56. The molecule has 3 rings (SSSR count). The Morgan fingerprint density at radius 1 is 1.21 bits per heavy atom. The predicted octanol–water partition coefficient (Wildman–Crippen LogP) is 4.41. The average Bonchev–Trinajstić information content (AvgIpc) is 2.95. The number of ether oxygens (including phenoxy) is 1. The summed E-state index contributed by atoms with van der Waals surface area (Å²) < 4.78 is 44.2. The van der Waals surface area contributed by atoms with Gasteiger partial charge in [-0.25, -0.2) is 0 Å². The molecule has 1 aliphatic rings. The van der Waals surface area contributed by atoms with Crippen LogP contribution in [0.15, 0.2) is 59.2 Å². The number of alkyl halides is 3. The van der Waals surface area contributed by atoms with Gasteiger partial charge in [0.15, 0.2) is 6.61 Å². The fourth-order valence-corrected chi connectivity index (χ4v) is 2.67. The number of carbonyl (C=O) groups excluding carboxylic acids is 1. The zero-order valence-electron chi connectivity index (χ0n) is 14.7. The summed E-state index contributed by atoms with van der Waals surface area (Å²) in [5, 5.41) is 13.7. The summed E-state index contributed by atoms with van der Waals surface area (Å²) in [5.41, 5.74) is 0.305. The van der Waals surface area contributed by atoms with Crippen LogP contribution in [0.25, 0.3) is 6.08 Å². The molecule has 0 bridgehead atoms. The fourth-order valence-electron chi connectivity index (χ4n) is 2.67. The van der Waals surface area contributed by atoms with Crippen molar-refractivity contribution in [3.05, 3.63) is 65.2 Å². The predicted molar refractivity (Wildman–Crippen MR) is 97.6 cm³/mol. The Balaban J connectivity index is 1.95. The van der Waals surface area contributed by atoms with Gasteiger partial charge in [-0.15, -0.1) is 0 Å². The van der Waals surface area contributed by atoms with Crippen molar-refractivity contribution in [3.8, 4) is 11.8 Å². The van der Waals surface area contributed by atoms with E-state index >= 15 is 0 Å². The molecule has 0 N–H and O–H groups in total. The van der Waals surface area contributed by atoms with Gasteiger partial charge in [-0.1, -0.05) is 24.3 Å². The van der Waals surface area contributed by atoms with Crippen molar-refractivity contribution in [3.63, 3.8) is 0 Å². The van der Waals surface area contributed by atoms with Gasteiger partial charge in [-0.05, 0) is 37.3 Å². The van der Waals surface area contributed by atoms with Crippen LogP contribution in [-0.4, -0.2) is 18.2 Å². The Hall–Kier alpha value is -3.60. The summed E-state index contributed by atoms with van der Waals surface area (Å²) in [6.45, 7) is 1.44. The molecule has 1 aliphatic heterocycles. The smallest absolute Gasteiger partial charge is 0.416 e. The molecule has 0 saturated heterocycles. The van der Waals surface area contributed by atoms with Crippen LogP contribution in [-0.2, 0) is 11.0 Å². The summed E-state index contributed by atoms with van der Waals surface area (Å²) >= 11 is 0. The molecule has 0 saturated carbocycles. The summed E-state index contributed by atoms with van der Waals surface area (Å²) in [6.07, 6.45) is -2.98. The van der Waals surface area contributed by atoms with E-state index in [9.17, 15) is 18.0 Å². The normalized spacial score (nSPS) is 15.5. The number of benzene rings is 2. The van der Waals surface area contributed by atoms with Crippen molar-refractivity contribution in [2.24, 2.45) is 5.10 Å². The minimum absolute atomic E-state index is 0.0246. The van der Waals surface area contributed by atoms with Crippen molar-refractivity contribution in [2.45, 2.75) is 13.1 Å². The Morgan fingerprint density at radius 3 is 2.68 bits per heavy atom. The van der Waals surface area contributed by atoms with Crippen molar-refractivity contribution in [1.82, 2.24) is 0 Å². The van der Waals surface area contributed by atoms with Crippen LogP contribution in [0.4, 0.5) is 18.9 Å². The van der Waals surface area contributed by atoms with E-state index in [4.69, 9.17) is 10.00 Å². The molecule has 0 radical (unpaired) electrons. The van der Waals surface area contributed by atoms with Crippen molar-refractivity contribution < 1.29 is 22.7 Å². The lowest BCUT2D eigenvalue weighted by molar-refractivity contribution is -0.137. The highest BCUT2D eigenvalue weighted by molar-refractivity contribution is 6.32. The first-order valence-corrected chi connectivity index (χ1v) is 8.19. The lowest BCUT2D eigenvalue weighted by Crippen LogP contribution is -2.21. The van der Waals surface area contributed by atoms with Crippen LogP contribution < -0.4 is 9.75 Å². The van der Waals surface area contributed by atoms with Crippen LogP contribution in [0, 0.1) is 11.3 Å². The summed E-state index contributed by atoms with van der Waals surface area (Å²) in [5.74, 6) is -0.137. The number of hydrogen-bond acceptors (Lipinski definition) is 4. The van der Waals surface area contributed by atoms with Gasteiger partial charge < -0.3 is 4.74 Å². The molecule has 0 atom stereocenters. The fraction of sp³-hybridized carbons (Fsp3) is 0.150. The van der Waals surface area contributed by atoms with E-state index in [-0.39, 0.29) is 17.9 Å². The molecule has 0 aliphatic carbocycles. The van der Waals surface area contributed by atoms with Crippen LogP contribution in [0.2, 0.25) is 0 Å². The van der Waals surface area contributed by atoms with Crippen molar-refractivity contribution in [1.29, 1.82) is 5.26 Å². The highest BCUT2D eigenvalue weighted by atomic mass is 19.4. The first kappa shape index (κ1) is 19.2. The molecular weight excluding hydrogens is 371 g/mol. The molecule has 8 heteroatoms. The van der Waals surface area contributed by atoms with E-state index in [0.717, 1.165) is 17.1 Å². The van der Waals surface area contributed by atoms with E-state index in [1.807, 2.05) is 6.07 Å². The zero-order valence-corrected chi connectivity index (χ0v) is 14.7. The van der Waals surface area contributed by atoms with Crippen LogP contribution in [0.5, 0.6) is 5.75 Å². The third-order valence-electron chi connectivity index (χ3n) is 3.99. The second-order valence-electron chi connectivity index (χ2n) is 5.89. The Bertz CT molecular complexity index is 1020. The van der Waals surface area contributed by atoms with Gasteiger partial charge in [0, 0.05) is 5.56 Å². The maximum atomic E-state index is 13.0. The van der Waals surface area contributed by atoms with Gasteiger partial charge in [-0.3, -0.25) is 4.79 Å². The third-order valence-corrected chi connectivity index (χ3v) is 3.99. The maximum Gasteiger partial charge on any atom is 0.416 e. The molecule has 2 aromatic carbocycles. The van der Waals surface area contributed by atoms with Gasteiger partial charge in [0.05, 0.1) is 22.5 Å². The number of carbonyl (C=O) groups is 1. The zero-order chi connectivity index (χ0) is 20.3. The van der Waals surface area contributed by atoms with Crippen molar-refractivity contribution in [2.75, 3.05) is 11.6 Å². The standard InChI is InChI=1S/C20H14F3N3O2/c1-13-17(11-14-5-2-3-8-18(14)28-10-9-24)19(27)26(25-13)16-7-4-6-15(12-16)20(21,22)23/h2-8,11-12H,10H2,1H3/b17-11-. The summed E-state index contributed by atoms with van der Waals surface area (Å²) in [7, 11) is 0. The number of nitrogens with zero attached hydrogens (tertiary/aromatic N) is 3. The first-order valence-electron chi connectivity index (χ1n) is 8.19. The molecule has 5 nitrogen and oxygen atoms in total. The quantitative estimate of drug-likeness (QED) is 0.732. The number of hydrazone groups is 1. The lowest BCUT2D eigenvalue weighted by atomic mass is 10.1. The molecule has 142 valence electrons. The van der Waals surface area contributed by atoms with Crippen LogP contribution in [0.1, 0.15) is 18.1 Å². The number of rotatable bonds is 4. The molecule has 1 heterocycles.